The lowest BCUT2D eigenvalue weighted by Crippen LogP contribution is -2.36. The van der Waals surface area contributed by atoms with Crippen LogP contribution in [-0.4, -0.2) is 27.5 Å². The van der Waals surface area contributed by atoms with Crippen molar-refractivity contribution in [1.29, 1.82) is 0 Å². The fourth-order valence-electron chi connectivity index (χ4n) is 2.95. The summed E-state index contributed by atoms with van der Waals surface area (Å²) in [4.78, 5) is 42.0. The Kier molecular flexibility index (Phi) is 6.07. The van der Waals surface area contributed by atoms with Crippen LogP contribution in [0.5, 0.6) is 0 Å². The molecule has 7 nitrogen and oxygen atoms in total. The van der Waals surface area contributed by atoms with E-state index in [1.807, 2.05) is 44.2 Å². The molecule has 0 fully saturated rings. The topological polar surface area (TPSA) is 90.3 Å². The van der Waals surface area contributed by atoms with E-state index in [1.54, 1.807) is 16.7 Å². The van der Waals surface area contributed by atoms with Crippen molar-refractivity contribution in [2.45, 2.75) is 40.0 Å². The molecule has 3 aromatic rings. The molecule has 0 radical (unpaired) electrons. The molecule has 0 aliphatic carbocycles. The standard InChI is InChI=1S/C22H23N3O4/c1-4-25-13-18(19(26)17-11-10-14(2)24-20(17)25)22(28)29-15(3)21(27)23-12-16-8-6-5-7-9-16/h5-11,13,15H,4,12H2,1-3H3,(H,23,27). The van der Waals surface area contributed by atoms with Gasteiger partial charge in [-0.25, -0.2) is 9.78 Å². The summed E-state index contributed by atoms with van der Waals surface area (Å²) < 4.78 is 6.98. The van der Waals surface area contributed by atoms with Crippen molar-refractivity contribution in [2.24, 2.45) is 0 Å². The molecule has 29 heavy (non-hydrogen) atoms. The van der Waals surface area contributed by atoms with Gasteiger partial charge < -0.3 is 14.6 Å². The maximum atomic E-state index is 12.8. The zero-order chi connectivity index (χ0) is 21.0. The van der Waals surface area contributed by atoms with E-state index in [4.69, 9.17) is 4.74 Å². The molecular weight excluding hydrogens is 370 g/mol. The summed E-state index contributed by atoms with van der Waals surface area (Å²) in [6.07, 6.45) is 0.404. The summed E-state index contributed by atoms with van der Waals surface area (Å²) in [6, 6.07) is 12.8. The smallest absolute Gasteiger partial charge is 0.344 e. The van der Waals surface area contributed by atoms with Crippen LogP contribution >= 0.6 is 0 Å². The molecule has 0 spiro atoms. The number of aromatic nitrogens is 2. The second-order valence-electron chi connectivity index (χ2n) is 6.73. The van der Waals surface area contributed by atoms with Gasteiger partial charge in [0.2, 0.25) is 5.43 Å². The Hall–Kier alpha value is -3.48. The lowest BCUT2D eigenvalue weighted by atomic mass is 10.2. The van der Waals surface area contributed by atoms with Crippen molar-refractivity contribution in [3.8, 4) is 0 Å². The van der Waals surface area contributed by atoms with Crippen LogP contribution in [-0.2, 0) is 22.6 Å². The second kappa shape index (κ2) is 8.68. The minimum Gasteiger partial charge on any atom is -0.449 e. The number of aryl methyl sites for hydroxylation is 2. The number of benzene rings is 1. The molecule has 0 saturated heterocycles. The number of carbonyl (C=O) groups excluding carboxylic acids is 2. The maximum absolute atomic E-state index is 12.8. The lowest BCUT2D eigenvalue weighted by molar-refractivity contribution is -0.129. The molecule has 1 unspecified atom stereocenters. The van der Waals surface area contributed by atoms with Crippen LogP contribution in [0.4, 0.5) is 0 Å². The van der Waals surface area contributed by atoms with Crippen molar-refractivity contribution < 1.29 is 14.3 Å². The number of amides is 1. The summed E-state index contributed by atoms with van der Waals surface area (Å²) in [7, 11) is 0. The second-order valence-corrected chi connectivity index (χ2v) is 6.73. The molecule has 1 atom stereocenters. The number of nitrogens with zero attached hydrogens (tertiary/aromatic N) is 2. The van der Waals surface area contributed by atoms with Crippen LogP contribution in [0.3, 0.4) is 0 Å². The third kappa shape index (κ3) is 4.51. The minimum atomic E-state index is -1.03. The fourth-order valence-corrected chi connectivity index (χ4v) is 2.95. The maximum Gasteiger partial charge on any atom is 0.344 e. The van der Waals surface area contributed by atoms with Crippen molar-refractivity contribution in [1.82, 2.24) is 14.9 Å². The van der Waals surface area contributed by atoms with Gasteiger partial charge in [0.15, 0.2) is 6.10 Å². The quantitative estimate of drug-likeness (QED) is 0.650. The van der Waals surface area contributed by atoms with Crippen molar-refractivity contribution in [2.75, 3.05) is 0 Å². The van der Waals surface area contributed by atoms with Gasteiger partial charge in [-0.2, -0.15) is 0 Å². The number of hydrogen-bond donors (Lipinski definition) is 1. The minimum absolute atomic E-state index is 0.118. The molecule has 2 aromatic heterocycles. The van der Waals surface area contributed by atoms with E-state index in [9.17, 15) is 14.4 Å². The van der Waals surface area contributed by atoms with Crippen LogP contribution in [0.15, 0.2) is 53.5 Å². The van der Waals surface area contributed by atoms with Crippen LogP contribution in [0.25, 0.3) is 11.0 Å². The van der Waals surface area contributed by atoms with E-state index in [1.165, 1.54) is 13.1 Å². The average Bonchev–Trinajstić information content (AvgIpc) is 2.72. The SMILES string of the molecule is CCn1cc(C(=O)OC(C)C(=O)NCc2ccccc2)c(=O)c2ccc(C)nc21. The summed E-state index contributed by atoms with van der Waals surface area (Å²) in [6.45, 7) is 6.05. The number of ether oxygens (including phenoxy) is 1. The summed E-state index contributed by atoms with van der Waals surface area (Å²) >= 11 is 0. The Balaban J connectivity index is 1.77. The van der Waals surface area contributed by atoms with Crippen LogP contribution in [0, 0.1) is 6.92 Å². The van der Waals surface area contributed by atoms with Gasteiger partial charge in [0.05, 0.1) is 5.39 Å². The summed E-state index contributed by atoms with van der Waals surface area (Å²) in [5.41, 5.74) is 1.65. The first kappa shape index (κ1) is 20.3. The predicted octanol–water partition coefficient (Wildman–Crippen LogP) is 2.59. The Labute approximate surface area is 168 Å². The lowest BCUT2D eigenvalue weighted by Gasteiger charge is -2.15. The van der Waals surface area contributed by atoms with Crippen molar-refractivity contribution in [3.05, 3.63) is 75.7 Å². The monoisotopic (exact) mass is 393 g/mol. The van der Waals surface area contributed by atoms with E-state index >= 15 is 0 Å². The molecule has 0 aliphatic rings. The first-order valence-electron chi connectivity index (χ1n) is 9.44. The van der Waals surface area contributed by atoms with Gasteiger partial charge in [-0.15, -0.1) is 0 Å². The molecular formula is C22H23N3O4. The highest BCUT2D eigenvalue weighted by atomic mass is 16.5. The Morgan fingerprint density at radius 2 is 1.90 bits per heavy atom. The van der Waals surface area contributed by atoms with Gasteiger partial charge in [0, 0.05) is 25.0 Å². The van der Waals surface area contributed by atoms with Crippen LogP contribution < -0.4 is 10.7 Å². The van der Waals surface area contributed by atoms with Crippen molar-refractivity contribution >= 4 is 22.9 Å². The molecule has 3 rings (SSSR count). The highest BCUT2D eigenvalue weighted by molar-refractivity contribution is 5.94. The van der Waals surface area contributed by atoms with Gasteiger partial charge in [-0.3, -0.25) is 9.59 Å². The molecule has 2 heterocycles. The number of carbonyl (C=O) groups is 2. The summed E-state index contributed by atoms with van der Waals surface area (Å²) in [5, 5.41) is 3.06. The molecule has 1 N–H and O–H groups in total. The largest absolute Gasteiger partial charge is 0.449 e. The zero-order valence-corrected chi connectivity index (χ0v) is 16.6. The predicted molar refractivity (Wildman–Crippen MR) is 110 cm³/mol. The average molecular weight is 393 g/mol. The first-order valence-corrected chi connectivity index (χ1v) is 9.44. The van der Waals surface area contributed by atoms with Crippen LogP contribution in [0.1, 0.15) is 35.5 Å². The van der Waals surface area contributed by atoms with Crippen LogP contribution in [0.2, 0.25) is 0 Å². The highest BCUT2D eigenvalue weighted by Crippen LogP contribution is 2.12. The number of nitrogens with one attached hydrogen (secondary N) is 1. The molecule has 0 saturated carbocycles. The zero-order valence-electron chi connectivity index (χ0n) is 16.6. The number of fused-ring (bicyclic) bond motifs is 1. The van der Waals surface area contributed by atoms with Gasteiger partial charge in [-0.1, -0.05) is 30.3 Å². The molecule has 1 aromatic carbocycles. The molecule has 150 valence electrons. The number of pyridine rings is 2. The van der Waals surface area contributed by atoms with E-state index in [0.717, 1.165) is 11.3 Å². The van der Waals surface area contributed by atoms with Crippen molar-refractivity contribution in [3.63, 3.8) is 0 Å². The summed E-state index contributed by atoms with van der Waals surface area (Å²) in [5.74, 6) is -1.27. The number of hydrogen-bond acceptors (Lipinski definition) is 5. The number of esters is 1. The Morgan fingerprint density at radius 1 is 1.17 bits per heavy atom. The molecule has 0 bridgehead atoms. The van der Waals surface area contributed by atoms with E-state index in [-0.39, 0.29) is 5.56 Å². The Morgan fingerprint density at radius 3 is 2.59 bits per heavy atom. The van der Waals surface area contributed by atoms with E-state index in [0.29, 0.717) is 24.1 Å². The van der Waals surface area contributed by atoms with Gasteiger partial charge >= 0.3 is 5.97 Å². The molecule has 0 aliphatic heterocycles. The third-order valence-electron chi connectivity index (χ3n) is 4.58. The fraction of sp³-hybridized carbons (Fsp3) is 0.273. The third-order valence-corrected chi connectivity index (χ3v) is 4.58. The highest BCUT2D eigenvalue weighted by Gasteiger charge is 2.22. The Bertz CT molecular complexity index is 1110. The van der Waals surface area contributed by atoms with Gasteiger partial charge in [-0.05, 0) is 38.5 Å². The molecule has 1 amide bonds. The van der Waals surface area contributed by atoms with E-state index < -0.39 is 23.4 Å². The molecule has 7 heteroatoms. The normalized spacial score (nSPS) is 11.8. The van der Waals surface area contributed by atoms with Gasteiger partial charge in [0.25, 0.3) is 5.91 Å². The van der Waals surface area contributed by atoms with Gasteiger partial charge in [0.1, 0.15) is 11.2 Å². The first-order chi connectivity index (χ1) is 13.9. The van der Waals surface area contributed by atoms with E-state index in [2.05, 4.69) is 10.3 Å². The number of rotatable bonds is 6.